The maximum atomic E-state index is 11.3. The maximum absolute atomic E-state index is 11.3. The van der Waals surface area contributed by atoms with Gasteiger partial charge < -0.3 is 14.9 Å². The van der Waals surface area contributed by atoms with Crippen LogP contribution in [0.4, 0.5) is 0 Å². The highest BCUT2D eigenvalue weighted by Crippen LogP contribution is 2.43. The molecule has 1 fully saturated rings. The second kappa shape index (κ2) is 6.27. The molecule has 3 unspecified atom stereocenters. The van der Waals surface area contributed by atoms with E-state index in [1.54, 1.807) is 0 Å². The van der Waals surface area contributed by atoms with Crippen LogP contribution in [0.2, 0.25) is 0 Å². The number of hydrogen-bond donors (Lipinski definition) is 2. The fraction of sp³-hybridized carbons (Fsp3) is 0.562. The first-order valence-corrected chi connectivity index (χ1v) is 7.18. The lowest BCUT2D eigenvalue weighted by Gasteiger charge is -2.24. The van der Waals surface area contributed by atoms with Gasteiger partial charge in [0.25, 0.3) is 0 Å². The summed E-state index contributed by atoms with van der Waals surface area (Å²) in [6.07, 6.45) is 1.47. The maximum Gasteiger partial charge on any atom is 0.306 e. The number of benzene rings is 1. The third-order valence-electron chi connectivity index (χ3n) is 4.08. The highest BCUT2D eigenvalue weighted by Gasteiger charge is 2.38. The summed E-state index contributed by atoms with van der Waals surface area (Å²) < 4.78 is 5.56. The van der Waals surface area contributed by atoms with E-state index in [9.17, 15) is 15.0 Å². The molecule has 2 N–H and O–H groups in total. The Morgan fingerprint density at radius 3 is 2.85 bits per heavy atom. The molecule has 3 atom stereocenters. The molecule has 110 valence electrons. The van der Waals surface area contributed by atoms with Crippen LogP contribution in [-0.2, 0) is 4.79 Å². The first kappa shape index (κ1) is 14.9. The molecule has 1 aliphatic rings. The van der Waals surface area contributed by atoms with E-state index in [1.165, 1.54) is 0 Å². The van der Waals surface area contributed by atoms with Crippen molar-refractivity contribution in [2.45, 2.75) is 39.2 Å². The average Bonchev–Trinajstić information content (AvgIpc) is 2.89. The lowest BCUT2D eigenvalue weighted by molar-refractivity contribution is -0.144. The normalized spacial score (nSPS) is 23.6. The van der Waals surface area contributed by atoms with E-state index in [0.717, 1.165) is 18.4 Å². The number of aliphatic carboxylic acids is 1. The van der Waals surface area contributed by atoms with Crippen LogP contribution in [0.25, 0.3) is 0 Å². The summed E-state index contributed by atoms with van der Waals surface area (Å²) in [7, 11) is 0. The molecule has 0 spiro atoms. The predicted octanol–water partition coefficient (Wildman–Crippen LogP) is 2.93. The highest BCUT2D eigenvalue weighted by atomic mass is 16.5. The molecular formula is C16H22O4. The summed E-state index contributed by atoms with van der Waals surface area (Å²) >= 11 is 0. The van der Waals surface area contributed by atoms with Crippen LogP contribution in [0, 0.1) is 18.8 Å². The van der Waals surface area contributed by atoms with E-state index in [1.807, 2.05) is 32.0 Å². The standard InChI is InChI=1S/C16H22O4/c1-3-20-14-8-7-10(2)9-13(14)15(17)11-5-4-6-12(11)16(18)19/h7-9,11-12,15,17H,3-6H2,1-2H3,(H,18,19). The number of hydrogen-bond acceptors (Lipinski definition) is 3. The summed E-state index contributed by atoms with van der Waals surface area (Å²) in [4.78, 5) is 11.3. The van der Waals surface area contributed by atoms with Crippen molar-refractivity contribution in [2.24, 2.45) is 11.8 Å². The molecule has 20 heavy (non-hydrogen) atoms. The molecule has 0 radical (unpaired) electrons. The molecule has 0 amide bonds. The van der Waals surface area contributed by atoms with E-state index in [-0.39, 0.29) is 5.92 Å². The van der Waals surface area contributed by atoms with Crippen molar-refractivity contribution in [3.05, 3.63) is 29.3 Å². The Morgan fingerprint density at radius 2 is 2.20 bits per heavy atom. The van der Waals surface area contributed by atoms with Gasteiger partial charge in [0.05, 0.1) is 18.6 Å². The van der Waals surface area contributed by atoms with Gasteiger partial charge in [0.2, 0.25) is 0 Å². The number of aliphatic hydroxyl groups excluding tert-OH is 1. The number of carboxylic acid groups (broad SMARTS) is 1. The molecule has 4 nitrogen and oxygen atoms in total. The summed E-state index contributed by atoms with van der Waals surface area (Å²) in [6, 6.07) is 5.68. The Kier molecular flexibility index (Phi) is 4.65. The first-order chi connectivity index (χ1) is 9.54. The van der Waals surface area contributed by atoms with Crippen LogP contribution >= 0.6 is 0 Å². The predicted molar refractivity (Wildman–Crippen MR) is 75.8 cm³/mol. The number of rotatable bonds is 5. The minimum atomic E-state index is -0.808. The van der Waals surface area contributed by atoms with Crippen molar-refractivity contribution in [3.63, 3.8) is 0 Å². The van der Waals surface area contributed by atoms with Crippen LogP contribution in [0.1, 0.15) is 43.4 Å². The van der Waals surface area contributed by atoms with Gasteiger partial charge in [0, 0.05) is 11.5 Å². The number of carbonyl (C=O) groups is 1. The Hall–Kier alpha value is -1.55. The van der Waals surface area contributed by atoms with Gasteiger partial charge in [0.15, 0.2) is 0 Å². The number of aliphatic hydroxyl groups is 1. The molecule has 0 aromatic heterocycles. The molecule has 2 rings (SSSR count). The zero-order valence-corrected chi connectivity index (χ0v) is 12.0. The summed E-state index contributed by atoms with van der Waals surface area (Å²) in [5.41, 5.74) is 1.75. The minimum absolute atomic E-state index is 0.228. The van der Waals surface area contributed by atoms with E-state index >= 15 is 0 Å². The van der Waals surface area contributed by atoms with Gasteiger partial charge in [-0.05, 0) is 38.8 Å². The van der Waals surface area contributed by atoms with Gasteiger partial charge in [-0.2, -0.15) is 0 Å². The first-order valence-electron chi connectivity index (χ1n) is 7.18. The molecule has 1 saturated carbocycles. The van der Waals surface area contributed by atoms with Gasteiger partial charge in [-0.1, -0.05) is 18.1 Å². The van der Waals surface area contributed by atoms with Gasteiger partial charge in [0.1, 0.15) is 5.75 Å². The molecule has 1 aromatic carbocycles. The lowest BCUT2D eigenvalue weighted by atomic mass is 9.86. The average molecular weight is 278 g/mol. The van der Waals surface area contributed by atoms with Crippen molar-refractivity contribution in [1.29, 1.82) is 0 Å². The largest absolute Gasteiger partial charge is 0.493 e. The Labute approximate surface area is 119 Å². The third-order valence-corrected chi connectivity index (χ3v) is 4.08. The SMILES string of the molecule is CCOc1ccc(C)cc1C(O)C1CCCC1C(=O)O. The lowest BCUT2D eigenvalue weighted by Crippen LogP contribution is -2.24. The summed E-state index contributed by atoms with van der Waals surface area (Å²) in [6.45, 7) is 4.37. The Bertz CT molecular complexity index is 483. The second-order valence-electron chi connectivity index (χ2n) is 5.46. The smallest absolute Gasteiger partial charge is 0.306 e. The van der Waals surface area contributed by atoms with Crippen molar-refractivity contribution >= 4 is 5.97 Å². The van der Waals surface area contributed by atoms with Crippen LogP contribution < -0.4 is 4.74 Å². The molecular weight excluding hydrogens is 256 g/mol. The molecule has 0 aliphatic heterocycles. The van der Waals surface area contributed by atoms with E-state index in [0.29, 0.717) is 24.3 Å². The monoisotopic (exact) mass is 278 g/mol. The molecule has 0 saturated heterocycles. The van der Waals surface area contributed by atoms with Gasteiger partial charge in [-0.3, -0.25) is 4.79 Å². The quantitative estimate of drug-likeness (QED) is 0.869. The third kappa shape index (κ3) is 2.96. The second-order valence-corrected chi connectivity index (χ2v) is 5.46. The van der Waals surface area contributed by atoms with E-state index < -0.39 is 18.0 Å². The van der Waals surface area contributed by atoms with Gasteiger partial charge in [-0.15, -0.1) is 0 Å². The van der Waals surface area contributed by atoms with Crippen LogP contribution in [0.5, 0.6) is 5.75 Å². The van der Waals surface area contributed by atoms with Crippen LogP contribution in [0.3, 0.4) is 0 Å². The summed E-state index contributed by atoms with van der Waals surface area (Å²) in [5.74, 6) is -0.840. The Balaban J connectivity index is 2.29. The van der Waals surface area contributed by atoms with Crippen molar-refractivity contribution < 1.29 is 19.7 Å². The molecule has 0 heterocycles. The summed E-state index contributed by atoms with van der Waals surface area (Å²) in [5, 5.41) is 19.9. The number of aryl methyl sites for hydroxylation is 1. The van der Waals surface area contributed by atoms with Crippen molar-refractivity contribution in [2.75, 3.05) is 6.61 Å². The zero-order chi connectivity index (χ0) is 14.7. The molecule has 0 bridgehead atoms. The van der Waals surface area contributed by atoms with Crippen molar-refractivity contribution in [1.82, 2.24) is 0 Å². The highest BCUT2D eigenvalue weighted by molar-refractivity contribution is 5.71. The minimum Gasteiger partial charge on any atom is -0.493 e. The van der Waals surface area contributed by atoms with Crippen molar-refractivity contribution in [3.8, 4) is 5.75 Å². The van der Waals surface area contributed by atoms with Crippen LogP contribution in [0.15, 0.2) is 18.2 Å². The fourth-order valence-corrected chi connectivity index (χ4v) is 3.09. The number of carboxylic acids is 1. The topological polar surface area (TPSA) is 66.8 Å². The fourth-order valence-electron chi connectivity index (χ4n) is 3.09. The molecule has 4 heteroatoms. The molecule has 1 aromatic rings. The molecule has 1 aliphatic carbocycles. The number of ether oxygens (including phenoxy) is 1. The Morgan fingerprint density at radius 1 is 1.45 bits per heavy atom. The van der Waals surface area contributed by atoms with Gasteiger partial charge >= 0.3 is 5.97 Å². The van der Waals surface area contributed by atoms with E-state index in [4.69, 9.17) is 4.74 Å². The van der Waals surface area contributed by atoms with Crippen LogP contribution in [-0.4, -0.2) is 22.8 Å². The van der Waals surface area contributed by atoms with E-state index in [2.05, 4.69) is 0 Å². The zero-order valence-electron chi connectivity index (χ0n) is 12.0. The van der Waals surface area contributed by atoms with Gasteiger partial charge in [-0.25, -0.2) is 0 Å².